The van der Waals surface area contributed by atoms with Crippen LogP contribution >= 0.6 is 11.3 Å². The van der Waals surface area contributed by atoms with Gasteiger partial charge in [0.05, 0.1) is 0 Å². The first-order chi connectivity index (χ1) is 14.8. The lowest BCUT2D eigenvalue weighted by atomic mass is 10.2. The number of nitrogens with one attached hydrogen (secondary N) is 2. The Morgan fingerprint density at radius 3 is 2.29 bits per heavy atom. The second-order valence-corrected chi connectivity index (χ2v) is 8.36. The van der Waals surface area contributed by atoms with Crippen LogP contribution in [0.2, 0.25) is 0 Å². The van der Waals surface area contributed by atoms with Crippen LogP contribution in [0.5, 0.6) is 0 Å². The molecule has 0 radical (unpaired) electrons. The minimum atomic E-state index is -0.591. The molecule has 3 aromatic rings. The van der Waals surface area contributed by atoms with Crippen molar-refractivity contribution in [3.8, 4) is 0 Å². The Labute approximate surface area is 181 Å². The van der Waals surface area contributed by atoms with Gasteiger partial charge in [-0.2, -0.15) is 0 Å². The molecule has 162 valence electrons. The monoisotopic (exact) mass is 442 g/mol. The van der Waals surface area contributed by atoms with Gasteiger partial charge in [0.15, 0.2) is 10.8 Å². The summed E-state index contributed by atoms with van der Waals surface area (Å²) in [7, 11) is 1.40. The van der Waals surface area contributed by atoms with Crippen LogP contribution in [-0.4, -0.2) is 39.0 Å². The van der Waals surface area contributed by atoms with Gasteiger partial charge in [-0.25, -0.2) is 9.78 Å². The second-order valence-electron chi connectivity index (χ2n) is 7.38. The summed E-state index contributed by atoms with van der Waals surface area (Å²) in [5.74, 6) is -0.614. The molecule has 2 aromatic heterocycles. The molecule has 3 heterocycles. The molecule has 4 rings (SSSR count). The molecule has 1 aromatic carbocycles. The van der Waals surface area contributed by atoms with Crippen molar-refractivity contribution < 1.29 is 9.59 Å². The molecule has 1 saturated heterocycles. The zero-order valence-corrected chi connectivity index (χ0v) is 18.0. The van der Waals surface area contributed by atoms with E-state index in [1.807, 2.05) is 0 Å². The summed E-state index contributed by atoms with van der Waals surface area (Å²) < 4.78 is 2.59. The van der Waals surface area contributed by atoms with E-state index in [2.05, 4.69) is 20.5 Å². The number of carbonyl (C=O) groups excluding carboxylic acids is 2. The number of aromatic nitrogens is 3. The zero-order chi connectivity index (χ0) is 22.1. The first-order valence-electron chi connectivity index (χ1n) is 9.86. The van der Waals surface area contributed by atoms with Crippen molar-refractivity contribution >= 4 is 50.0 Å². The van der Waals surface area contributed by atoms with E-state index in [-0.39, 0.29) is 18.1 Å². The summed E-state index contributed by atoms with van der Waals surface area (Å²) in [4.78, 5) is 55.7. The fraction of sp³-hybridized carbons (Fsp3) is 0.350. The minimum Gasteiger partial charge on any atom is -0.348 e. The number of nitrogens with zero attached hydrogens (tertiary/aromatic N) is 4. The number of benzene rings is 1. The predicted octanol–water partition coefficient (Wildman–Crippen LogP) is 1.35. The van der Waals surface area contributed by atoms with Gasteiger partial charge in [0.2, 0.25) is 11.8 Å². The first-order valence-corrected chi connectivity index (χ1v) is 10.7. The van der Waals surface area contributed by atoms with E-state index >= 15 is 0 Å². The molecule has 0 aliphatic carbocycles. The number of hydrogen-bond donors (Lipinski definition) is 2. The van der Waals surface area contributed by atoms with E-state index in [4.69, 9.17) is 0 Å². The SMILES string of the molecule is CC(=O)Nc1ccc(NC(=O)Cn2c(=O)n(C)c(=O)c3sc(N4CCCC4)nc32)cc1. The summed E-state index contributed by atoms with van der Waals surface area (Å²) >= 11 is 1.25. The van der Waals surface area contributed by atoms with Gasteiger partial charge in [0.1, 0.15) is 11.2 Å². The van der Waals surface area contributed by atoms with Gasteiger partial charge in [-0.15, -0.1) is 0 Å². The Hall–Kier alpha value is -3.47. The van der Waals surface area contributed by atoms with E-state index in [1.54, 1.807) is 24.3 Å². The molecule has 0 unspecified atom stereocenters. The highest BCUT2D eigenvalue weighted by Gasteiger charge is 2.22. The third-order valence-electron chi connectivity index (χ3n) is 5.04. The Morgan fingerprint density at radius 1 is 1.06 bits per heavy atom. The van der Waals surface area contributed by atoms with Gasteiger partial charge >= 0.3 is 5.69 Å². The lowest BCUT2D eigenvalue weighted by Gasteiger charge is -2.12. The topological polar surface area (TPSA) is 118 Å². The van der Waals surface area contributed by atoms with Gasteiger partial charge in [-0.05, 0) is 37.1 Å². The number of carbonyl (C=O) groups is 2. The lowest BCUT2D eigenvalue weighted by Crippen LogP contribution is -2.39. The quantitative estimate of drug-likeness (QED) is 0.616. The highest BCUT2D eigenvalue weighted by Crippen LogP contribution is 2.28. The molecular formula is C20H22N6O4S. The summed E-state index contributed by atoms with van der Waals surface area (Å²) in [6, 6.07) is 6.62. The van der Waals surface area contributed by atoms with Crippen LogP contribution in [0.4, 0.5) is 16.5 Å². The molecule has 1 aliphatic heterocycles. The van der Waals surface area contributed by atoms with E-state index in [0.29, 0.717) is 21.2 Å². The summed E-state index contributed by atoms with van der Waals surface area (Å²) in [5, 5.41) is 6.07. The van der Waals surface area contributed by atoms with Crippen molar-refractivity contribution in [3.05, 3.63) is 45.1 Å². The zero-order valence-electron chi connectivity index (χ0n) is 17.2. The van der Waals surface area contributed by atoms with Crippen LogP contribution in [0.15, 0.2) is 33.9 Å². The normalized spacial score (nSPS) is 13.5. The molecule has 1 aliphatic rings. The summed E-state index contributed by atoms with van der Waals surface area (Å²) in [6.45, 7) is 2.85. The summed E-state index contributed by atoms with van der Waals surface area (Å²) in [6.07, 6.45) is 2.12. The number of rotatable bonds is 5. The van der Waals surface area contributed by atoms with Crippen molar-refractivity contribution in [2.45, 2.75) is 26.3 Å². The average Bonchev–Trinajstić information content (AvgIpc) is 3.40. The molecular weight excluding hydrogens is 420 g/mol. The smallest absolute Gasteiger partial charge is 0.332 e. The number of hydrogen-bond acceptors (Lipinski definition) is 7. The maximum Gasteiger partial charge on any atom is 0.332 e. The Kier molecular flexibility index (Phi) is 5.59. The van der Waals surface area contributed by atoms with Crippen LogP contribution in [-0.2, 0) is 23.2 Å². The third-order valence-corrected chi connectivity index (χ3v) is 6.13. The molecule has 0 saturated carbocycles. The number of thiazole rings is 1. The highest BCUT2D eigenvalue weighted by atomic mass is 32.1. The fourth-order valence-electron chi connectivity index (χ4n) is 3.50. The molecule has 10 nitrogen and oxygen atoms in total. The van der Waals surface area contributed by atoms with Crippen LogP contribution in [0.1, 0.15) is 19.8 Å². The minimum absolute atomic E-state index is 0.188. The van der Waals surface area contributed by atoms with E-state index in [1.165, 1.54) is 29.9 Å². The molecule has 0 atom stereocenters. The maximum absolute atomic E-state index is 12.7. The van der Waals surface area contributed by atoms with Gasteiger partial charge in [0.25, 0.3) is 5.56 Å². The van der Waals surface area contributed by atoms with Gasteiger partial charge in [-0.3, -0.25) is 23.5 Å². The van der Waals surface area contributed by atoms with Gasteiger partial charge in [0, 0.05) is 38.4 Å². The van der Waals surface area contributed by atoms with Crippen molar-refractivity contribution in [2.75, 3.05) is 28.6 Å². The lowest BCUT2D eigenvalue weighted by molar-refractivity contribution is -0.117. The standard InChI is InChI=1S/C20H22N6O4S/c1-12(27)21-13-5-7-14(8-6-13)22-15(28)11-26-17-16(18(29)24(2)20(26)30)31-19(23-17)25-9-3-4-10-25/h5-8H,3-4,9-11H2,1-2H3,(H,21,27)(H,22,28). The van der Waals surface area contributed by atoms with Crippen molar-refractivity contribution in [2.24, 2.45) is 7.05 Å². The Balaban J connectivity index is 1.61. The Bertz CT molecular complexity index is 1270. The van der Waals surface area contributed by atoms with Crippen molar-refractivity contribution in [3.63, 3.8) is 0 Å². The first kappa shape index (κ1) is 20.8. The molecule has 1 fully saturated rings. The van der Waals surface area contributed by atoms with Crippen LogP contribution in [0.3, 0.4) is 0 Å². The largest absolute Gasteiger partial charge is 0.348 e. The van der Waals surface area contributed by atoms with Gasteiger partial charge in [-0.1, -0.05) is 11.3 Å². The second kappa shape index (κ2) is 8.34. The maximum atomic E-state index is 12.7. The molecule has 0 spiro atoms. The van der Waals surface area contributed by atoms with Crippen molar-refractivity contribution in [1.29, 1.82) is 0 Å². The van der Waals surface area contributed by atoms with E-state index < -0.39 is 17.2 Å². The van der Waals surface area contributed by atoms with E-state index in [0.717, 1.165) is 30.5 Å². The van der Waals surface area contributed by atoms with Gasteiger partial charge < -0.3 is 15.5 Å². The highest BCUT2D eigenvalue weighted by molar-refractivity contribution is 7.22. The number of fused-ring (bicyclic) bond motifs is 1. The predicted molar refractivity (Wildman–Crippen MR) is 120 cm³/mol. The fourth-order valence-corrected chi connectivity index (χ4v) is 4.60. The Morgan fingerprint density at radius 2 is 1.68 bits per heavy atom. The van der Waals surface area contributed by atoms with Crippen molar-refractivity contribution in [1.82, 2.24) is 14.1 Å². The molecule has 11 heteroatoms. The third kappa shape index (κ3) is 4.22. The van der Waals surface area contributed by atoms with Crippen LogP contribution in [0, 0.1) is 0 Å². The number of anilines is 3. The molecule has 2 amide bonds. The molecule has 0 bridgehead atoms. The average molecular weight is 443 g/mol. The molecule has 31 heavy (non-hydrogen) atoms. The van der Waals surface area contributed by atoms with Crippen LogP contribution in [0.25, 0.3) is 10.3 Å². The van der Waals surface area contributed by atoms with Crippen LogP contribution < -0.4 is 26.8 Å². The molecule has 2 N–H and O–H groups in total. The van der Waals surface area contributed by atoms with E-state index in [9.17, 15) is 19.2 Å². The number of amides is 2. The summed E-state index contributed by atoms with van der Waals surface area (Å²) in [5.41, 5.74) is 0.360.